The lowest BCUT2D eigenvalue weighted by molar-refractivity contribution is -0.386. The molecule has 86 valence electrons. The quantitative estimate of drug-likeness (QED) is 0.566. The van der Waals surface area contributed by atoms with E-state index in [1.807, 2.05) is 0 Å². The lowest BCUT2D eigenvalue weighted by Crippen LogP contribution is -2.01. The molecule has 0 saturated heterocycles. The summed E-state index contributed by atoms with van der Waals surface area (Å²) in [6, 6.07) is 4.86. The zero-order chi connectivity index (χ0) is 12.1. The Labute approximate surface area is 93.2 Å². The Hall–Kier alpha value is -1.91. The Morgan fingerprint density at radius 1 is 1.50 bits per heavy atom. The third-order valence-electron chi connectivity index (χ3n) is 2.23. The lowest BCUT2D eigenvalue weighted by atomic mass is 10.1. The normalized spacial score (nSPS) is 9.88. The molecule has 0 aliphatic rings. The number of carbonyl (C=O) groups excluding carboxylic acids is 1. The minimum absolute atomic E-state index is 0.0112. The summed E-state index contributed by atoms with van der Waals surface area (Å²) in [5.41, 5.74) is 0.478. The van der Waals surface area contributed by atoms with Gasteiger partial charge in [0, 0.05) is 12.0 Å². The molecule has 0 aliphatic carbocycles. The van der Waals surface area contributed by atoms with E-state index in [0.717, 1.165) is 0 Å². The van der Waals surface area contributed by atoms with E-state index < -0.39 is 4.92 Å². The molecule has 0 atom stereocenters. The van der Waals surface area contributed by atoms with Crippen molar-refractivity contribution in [3.63, 3.8) is 0 Å². The van der Waals surface area contributed by atoms with Gasteiger partial charge in [0.2, 0.25) is 0 Å². The van der Waals surface area contributed by atoms with Crippen molar-refractivity contribution in [3.05, 3.63) is 33.9 Å². The van der Waals surface area contributed by atoms with E-state index in [1.54, 1.807) is 12.1 Å². The Morgan fingerprint density at radius 2 is 2.19 bits per heavy atom. The van der Waals surface area contributed by atoms with Crippen LogP contribution >= 0.6 is 0 Å². The van der Waals surface area contributed by atoms with E-state index in [0.29, 0.717) is 18.4 Å². The molecule has 0 aliphatic heterocycles. The minimum Gasteiger partial charge on any atom is -0.490 e. The van der Waals surface area contributed by atoms with Crippen LogP contribution in [0.25, 0.3) is 0 Å². The number of benzene rings is 1. The van der Waals surface area contributed by atoms with E-state index in [2.05, 4.69) is 0 Å². The Bertz CT molecular complexity index is 414. The van der Waals surface area contributed by atoms with Crippen LogP contribution in [-0.4, -0.2) is 17.8 Å². The third kappa shape index (κ3) is 2.79. The smallest absolute Gasteiger partial charge is 0.314 e. The van der Waals surface area contributed by atoms with Crippen LogP contribution in [0.15, 0.2) is 18.2 Å². The molecule has 0 unspecified atom stereocenters. The van der Waals surface area contributed by atoms with Crippen LogP contribution < -0.4 is 4.74 Å². The van der Waals surface area contributed by atoms with Crippen LogP contribution in [0.2, 0.25) is 0 Å². The van der Waals surface area contributed by atoms with Gasteiger partial charge in [0.05, 0.1) is 12.0 Å². The van der Waals surface area contributed by atoms with Gasteiger partial charge in [-0.1, -0.05) is 12.1 Å². The summed E-state index contributed by atoms with van der Waals surface area (Å²) in [5, 5.41) is 10.9. The van der Waals surface area contributed by atoms with E-state index in [-0.39, 0.29) is 17.2 Å². The largest absolute Gasteiger partial charge is 0.490 e. The monoisotopic (exact) mass is 223 g/mol. The van der Waals surface area contributed by atoms with Gasteiger partial charge in [-0.25, -0.2) is 0 Å². The first-order chi connectivity index (χ1) is 7.56. The van der Waals surface area contributed by atoms with Gasteiger partial charge in [-0.15, -0.1) is 0 Å². The van der Waals surface area contributed by atoms with Crippen molar-refractivity contribution in [2.24, 2.45) is 0 Å². The van der Waals surface area contributed by atoms with Crippen molar-refractivity contribution in [2.75, 3.05) is 7.11 Å². The molecule has 1 aromatic carbocycles. The third-order valence-corrected chi connectivity index (χ3v) is 2.23. The van der Waals surface area contributed by atoms with Crippen LogP contribution in [0.3, 0.4) is 0 Å². The van der Waals surface area contributed by atoms with Gasteiger partial charge < -0.3 is 9.53 Å². The number of carbonyl (C=O) groups is 1. The summed E-state index contributed by atoms with van der Waals surface area (Å²) in [4.78, 5) is 21.3. The number of hydrogen-bond donors (Lipinski definition) is 0. The average Bonchev–Trinajstić information content (AvgIpc) is 2.25. The standard InChI is InChI=1S/C11H13NO4/c1-8(13)6-7-9-4-3-5-10(16-2)11(9)12(14)15/h3-5H,6-7H2,1-2H3. The van der Waals surface area contributed by atoms with Crippen LogP contribution in [-0.2, 0) is 11.2 Å². The van der Waals surface area contributed by atoms with Crippen LogP contribution in [0.4, 0.5) is 5.69 Å². The average molecular weight is 223 g/mol. The number of nitro benzene ring substituents is 1. The Morgan fingerprint density at radius 3 is 2.69 bits per heavy atom. The molecule has 0 spiro atoms. The highest BCUT2D eigenvalue weighted by Crippen LogP contribution is 2.31. The molecule has 5 nitrogen and oxygen atoms in total. The summed E-state index contributed by atoms with van der Waals surface area (Å²) < 4.78 is 4.93. The van der Waals surface area contributed by atoms with Gasteiger partial charge in [-0.05, 0) is 19.4 Å². The first-order valence-corrected chi connectivity index (χ1v) is 4.86. The van der Waals surface area contributed by atoms with Crippen molar-refractivity contribution >= 4 is 11.5 Å². The summed E-state index contributed by atoms with van der Waals surface area (Å²) in [5.74, 6) is 0.239. The second-order valence-corrected chi connectivity index (χ2v) is 3.43. The van der Waals surface area contributed by atoms with E-state index in [1.165, 1.54) is 20.1 Å². The molecule has 0 fully saturated rings. The molecule has 16 heavy (non-hydrogen) atoms. The molecule has 1 rings (SSSR count). The zero-order valence-electron chi connectivity index (χ0n) is 9.23. The predicted molar refractivity (Wildman–Crippen MR) is 58.7 cm³/mol. The van der Waals surface area contributed by atoms with E-state index >= 15 is 0 Å². The van der Waals surface area contributed by atoms with E-state index in [9.17, 15) is 14.9 Å². The number of nitro groups is 1. The number of Topliss-reactive ketones (excluding diaryl/α,β-unsaturated/α-hetero) is 1. The summed E-state index contributed by atoms with van der Waals surface area (Å²) in [6.07, 6.45) is 0.664. The highest BCUT2D eigenvalue weighted by Gasteiger charge is 2.19. The molecule has 0 N–H and O–H groups in total. The second-order valence-electron chi connectivity index (χ2n) is 3.43. The predicted octanol–water partition coefficient (Wildman–Crippen LogP) is 2.12. The maximum absolute atomic E-state index is 10.9. The maximum Gasteiger partial charge on any atom is 0.314 e. The van der Waals surface area contributed by atoms with Gasteiger partial charge in [-0.3, -0.25) is 10.1 Å². The Kier molecular flexibility index (Phi) is 3.99. The van der Waals surface area contributed by atoms with Gasteiger partial charge in [0.15, 0.2) is 5.75 Å². The summed E-state index contributed by atoms with van der Waals surface area (Å²) in [7, 11) is 1.39. The van der Waals surface area contributed by atoms with Gasteiger partial charge in [0.1, 0.15) is 5.78 Å². The molecular weight excluding hydrogens is 210 g/mol. The first kappa shape index (κ1) is 12.2. The topological polar surface area (TPSA) is 69.4 Å². The number of ether oxygens (including phenoxy) is 1. The van der Waals surface area contributed by atoms with Gasteiger partial charge in [0.25, 0.3) is 0 Å². The van der Waals surface area contributed by atoms with Crippen LogP contribution in [0, 0.1) is 10.1 Å². The zero-order valence-corrected chi connectivity index (χ0v) is 9.23. The molecule has 1 aromatic rings. The number of nitrogens with zero attached hydrogens (tertiary/aromatic N) is 1. The molecule has 5 heteroatoms. The molecule has 0 saturated carbocycles. The van der Waals surface area contributed by atoms with Gasteiger partial charge >= 0.3 is 5.69 Å². The number of ketones is 1. The molecule has 0 amide bonds. The fourth-order valence-electron chi connectivity index (χ4n) is 1.45. The fourth-order valence-corrected chi connectivity index (χ4v) is 1.45. The van der Waals surface area contributed by atoms with E-state index in [4.69, 9.17) is 4.74 Å². The van der Waals surface area contributed by atoms with Crippen LogP contribution in [0.5, 0.6) is 5.75 Å². The Balaban J connectivity index is 3.07. The fraction of sp³-hybridized carbons (Fsp3) is 0.364. The van der Waals surface area contributed by atoms with Crippen molar-refractivity contribution in [1.29, 1.82) is 0 Å². The first-order valence-electron chi connectivity index (χ1n) is 4.86. The van der Waals surface area contributed by atoms with Crippen molar-refractivity contribution in [1.82, 2.24) is 0 Å². The molecule has 0 heterocycles. The SMILES string of the molecule is COc1cccc(CCC(C)=O)c1[N+](=O)[O-]. The van der Waals surface area contributed by atoms with Crippen LogP contribution in [0.1, 0.15) is 18.9 Å². The highest BCUT2D eigenvalue weighted by molar-refractivity contribution is 5.76. The number of aryl methyl sites for hydroxylation is 1. The number of hydrogen-bond acceptors (Lipinski definition) is 4. The van der Waals surface area contributed by atoms with Crippen molar-refractivity contribution in [3.8, 4) is 5.75 Å². The summed E-state index contributed by atoms with van der Waals surface area (Å²) >= 11 is 0. The second kappa shape index (κ2) is 5.25. The molecule has 0 aromatic heterocycles. The molecule has 0 radical (unpaired) electrons. The maximum atomic E-state index is 10.9. The molecule has 0 bridgehead atoms. The lowest BCUT2D eigenvalue weighted by Gasteiger charge is -2.05. The summed E-state index contributed by atoms with van der Waals surface area (Å²) in [6.45, 7) is 1.46. The van der Waals surface area contributed by atoms with Gasteiger partial charge in [-0.2, -0.15) is 0 Å². The number of methoxy groups -OCH3 is 1. The van der Waals surface area contributed by atoms with Crippen molar-refractivity contribution in [2.45, 2.75) is 19.8 Å². The minimum atomic E-state index is -0.478. The number of para-hydroxylation sites is 1. The molecular formula is C11H13NO4. The van der Waals surface area contributed by atoms with Crippen molar-refractivity contribution < 1.29 is 14.5 Å². The number of rotatable bonds is 5. The highest BCUT2D eigenvalue weighted by atomic mass is 16.6.